The van der Waals surface area contributed by atoms with Gasteiger partial charge in [-0.15, -0.1) is 0 Å². The minimum atomic E-state index is 0.648. The van der Waals surface area contributed by atoms with E-state index in [1.54, 1.807) is 0 Å². The number of hydrogen-bond donors (Lipinski definition) is 1. The van der Waals surface area contributed by atoms with Crippen molar-refractivity contribution < 1.29 is 0 Å². The summed E-state index contributed by atoms with van der Waals surface area (Å²) in [4.78, 5) is 11.7. The van der Waals surface area contributed by atoms with E-state index in [2.05, 4.69) is 75.4 Å². The summed E-state index contributed by atoms with van der Waals surface area (Å²) in [7, 11) is 4.02. The van der Waals surface area contributed by atoms with Gasteiger partial charge in [0.25, 0.3) is 0 Å². The summed E-state index contributed by atoms with van der Waals surface area (Å²) in [6, 6.07) is 9.45. The van der Waals surface area contributed by atoms with Crippen LogP contribution in [0.5, 0.6) is 0 Å². The Bertz CT molecular complexity index is 631. The van der Waals surface area contributed by atoms with Crippen molar-refractivity contribution in [2.45, 2.75) is 32.4 Å². The summed E-state index contributed by atoms with van der Waals surface area (Å²) in [5, 5.41) is 3.53. The van der Waals surface area contributed by atoms with Crippen LogP contribution in [0, 0.1) is 0 Å². The Morgan fingerprint density at radius 2 is 2.12 bits per heavy atom. The molecule has 142 valence electrons. The second-order valence-electron chi connectivity index (χ2n) is 7.25. The highest BCUT2D eigenvalue weighted by Gasteiger charge is 2.24. The molecule has 0 amide bonds. The fourth-order valence-electron chi connectivity index (χ4n) is 4.04. The van der Waals surface area contributed by atoms with Gasteiger partial charge < -0.3 is 15.1 Å². The van der Waals surface area contributed by atoms with Crippen LogP contribution in [0.2, 0.25) is 0 Å². The number of likely N-dealkylation sites (tertiary alicyclic amines) is 1. The maximum Gasteiger partial charge on any atom is 0.193 e. The van der Waals surface area contributed by atoms with Gasteiger partial charge in [-0.2, -0.15) is 0 Å². The molecule has 1 fully saturated rings. The predicted octanol–water partition coefficient (Wildman–Crippen LogP) is 2.55. The van der Waals surface area contributed by atoms with E-state index >= 15 is 0 Å². The van der Waals surface area contributed by atoms with E-state index < -0.39 is 0 Å². The molecule has 0 aromatic heterocycles. The summed E-state index contributed by atoms with van der Waals surface area (Å²) in [6.07, 6.45) is 7.06. The number of likely N-dealkylation sites (N-methyl/N-ethyl adjacent to an activating group) is 2. The van der Waals surface area contributed by atoms with Crippen molar-refractivity contribution in [3.63, 3.8) is 0 Å². The molecule has 3 rings (SSSR count). The molecular formula is C21H33N5. The Balaban J connectivity index is 1.54. The fraction of sp³-hybridized carbons (Fsp3) is 0.571. The van der Waals surface area contributed by atoms with Crippen LogP contribution in [0.1, 0.15) is 25.3 Å². The summed E-state index contributed by atoms with van der Waals surface area (Å²) in [6.45, 7) is 8.49. The van der Waals surface area contributed by atoms with E-state index in [0.29, 0.717) is 6.04 Å². The first-order valence-corrected chi connectivity index (χ1v) is 9.86. The van der Waals surface area contributed by atoms with Crippen molar-refractivity contribution in [1.29, 1.82) is 0 Å². The fourth-order valence-corrected chi connectivity index (χ4v) is 4.04. The topological polar surface area (TPSA) is 34.1 Å². The number of nitrogens with zero attached hydrogens (tertiary/aromatic N) is 4. The van der Waals surface area contributed by atoms with E-state index in [1.165, 1.54) is 30.6 Å². The van der Waals surface area contributed by atoms with Crippen LogP contribution in [0.15, 0.2) is 41.4 Å². The smallest absolute Gasteiger partial charge is 0.193 e. The Labute approximate surface area is 158 Å². The lowest BCUT2D eigenvalue weighted by atomic mass is 10.2. The van der Waals surface area contributed by atoms with Crippen molar-refractivity contribution >= 4 is 11.6 Å². The van der Waals surface area contributed by atoms with Crippen LogP contribution in [-0.4, -0.2) is 68.6 Å². The first kappa shape index (κ1) is 18.8. The Morgan fingerprint density at radius 3 is 2.85 bits per heavy atom. The molecule has 1 aromatic carbocycles. The van der Waals surface area contributed by atoms with Crippen molar-refractivity contribution in [3.8, 4) is 0 Å². The number of anilines is 1. The lowest BCUT2D eigenvalue weighted by Gasteiger charge is -2.30. The molecule has 1 atom stereocenters. The Morgan fingerprint density at radius 1 is 1.31 bits per heavy atom. The standard InChI is InChI=1S/C21H33N5/c1-4-25-14-8-11-20(25)17-24(3)21(22-2)23-16-18-9-7-10-19(15-18)26-12-5-6-13-26/h5-7,9-10,15,20H,4,8,11-14,16-17H2,1-3H3,(H,22,23). The summed E-state index contributed by atoms with van der Waals surface area (Å²) in [5.41, 5.74) is 2.59. The van der Waals surface area contributed by atoms with E-state index in [1.807, 2.05) is 7.05 Å². The number of aliphatic imine (C=N–C) groups is 1. The number of nitrogens with one attached hydrogen (secondary N) is 1. The summed E-state index contributed by atoms with van der Waals surface area (Å²) < 4.78 is 0. The molecule has 2 aliphatic rings. The normalized spacial score (nSPS) is 20.8. The third-order valence-electron chi connectivity index (χ3n) is 5.51. The molecule has 5 nitrogen and oxygen atoms in total. The van der Waals surface area contributed by atoms with Gasteiger partial charge in [0, 0.05) is 52.0 Å². The van der Waals surface area contributed by atoms with Gasteiger partial charge in [0.2, 0.25) is 0 Å². The number of guanidine groups is 1. The van der Waals surface area contributed by atoms with Crippen molar-refractivity contribution in [2.24, 2.45) is 4.99 Å². The van der Waals surface area contributed by atoms with Crippen molar-refractivity contribution in [1.82, 2.24) is 15.1 Å². The quantitative estimate of drug-likeness (QED) is 0.483. The average Bonchev–Trinajstić information content (AvgIpc) is 3.34. The molecule has 0 bridgehead atoms. The molecule has 2 aliphatic heterocycles. The monoisotopic (exact) mass is 355 g/mol. The summed E-state index contributed by atoms with van der Waals surface area (Å²) in [5.74, 6) is 0.973. The molecule has 5 heteroatoms. The molecule has 1 unspecified atom stereocenters. The number of rotatable bonds is 6. The van der Waals surface area contributed by atoms with E-state index in [0.717, 1.165) is 38.7 Å². The van der Waals surface area contributed by atoms with Crippen molar-refractivity contribution in [3.05, 3.63) is 42.0 Å². The third-order valence-corrected chi connectivity index (χ3v) is 5.51. The highest BCUT2D eigenvalue weighted by atomic mass is 15.3. The van der Waals surface area contributed by atoms with Gasteiger partial charge in [-0.25, -0.2) is 0 Å². The Hall–Kier alpha value is -2.01. The van der Waals surface area contributed by atoms with Gasteiger partial charge in [0.1, 0.15) is 0 Å². The first-order chi connectivity index (χ1) is 12.7. The molecule has 0 aliphatic carbocycles. The molecule has 1 saturated heterocycles. The van der Waals surface area contributed by atoms with Crippen LogP contribution < -0.4 is 10.2 Å². The number of benzene rings is 1. The van der Waals surface area contributed by atoms with Crippen LogP contribution in [0.3, 0.4) is 0 Å². The molecule has 1 aromatic rings. The largest absolute Gasteiger partial charge is 0.364 e. The SMILES string of the molecule is CCN1CCCC1CN(C)C(=NC)NCc1cccc(N2CC=CC2)c1. The van der Waals surface area contributed by atoms with E-state index in [4.69, 9.17) is 0 Å². The minimum absolute atomic E-state index is 0.648. The summed E-state index contributed by atoms with van der Waals surface area (Å²) >= 11 is 0. The van der Waals surface area contributed by atoms with Crippen LogP contribution in [0.4, 0.5) is 5.69 Å². The molecule has 0 spiro atoms. The maximum absolute atomic E-state index is 4.49. The second-order valence-corrected chi connectivity index (χ2v) is 7.25. The van der Waals surface area contributed by atoms with Crippen molar-refractivity contribution in [2.75, 3.05) is 51.7 Å². The lowest BCUT2D eigenvalue weighted by Crippen LogP contribution is -2.45. The van der Waals surface area contributed by atoms with Gasteiger partial charge >= 0.3 is 0 Å². The molecule has 26 heavy (non-hydrogen) atoms. The third kappa shape index (κ3) is 4.58. The molecular weight excluding hydrogens is 322 g/mol. The van der Waals surface area contributed by atoms with Gasteiger partial charge in [-0.3, -0.25) is 9.89 Å². The molecule has 1 N–H and O–H groups in total. The van der Waals surface area contributed by atoms with Crippen LogP contribution in [-0.2, 0) is 6.54 Å². The highest BCUT2D eigenvalue weighted by Crippen LogP contribution is 2.19. The first-order valence-electron chi connectivity index (χ1n) is 9.86. The van der Waals surface area contributed by atoms with Gasteiger partial charge in [0.15, 0.2) is 5.96 Å². The minimum Gasteiger partial charge on any atom is -0.364 e. The van der Waals surface area contributed by atoms with E-state index in [-0.39, 0.29) is 0 Å². The predicted molar refractivity (Wildman–Crippen MR) is 111 cm³/mol. The molecule has 0 radical (unpaired) electrons. The highest BCUT2D eigenvalue weighted by molar-refractivity contribution is 5.79. The zero-order valence-corrected chi connectivity index (χ0v) is 16.5. The maximum atomic E-state index is 4.49. The van der Waals surface area contributed by atoms with Crippen LogP contribution >= 0.6 is 0 Å². The van der Waals surface area contributed by atoms with Crippen LogP contribution in [0.25, 0.3) is 0 Å². The van der Waals surface area contributed by atoms with Gasteiger partial charge in [-0.1, -0.05) is 31.2 Å². The Kier molecular flexibility index (Phi) is 6.56. The zero-order valence-electron chi connectivity index (χ0n) is 16.5. The van der Waals surface area contributed by atoms with Gasteiger partial charge in [-0.05, 0) is 43.6 Å². The number of hydrogen-bond acceptors (Lipinski definition) is 3. The molecule has 0 saturated carbocycles. The molecule has 2 heterocycles. The van der Waals surface area contributed by atoms with Gasteiger partial charge in [0.05, 0.1) is 0 Å². The second kappa shape index (κ2) is 9.08. The van der Waals surface area contributed by atoms with E-state index in [9.17, 15) is 0 Å². The lowest BCUT2D eigenvalue weighted by molar-refractivity contribution is 0.232. The zero-order chi connectivity index (χ0) is 18.4. The average molecular weight is 356 g/mol.